The highest BCUT2D eigenvalue weighted by atomic mass is 35.5. The number of thioether (sulfide) groups is 1. The molecule has 1 heterocycles. The van der Waals surface area contributed by atoms with Crippen LogP contribution in [0.15, 0.2) is 71.9 Å². The van der Waals surface area contributed by atoms with Gasteiger partial charge in [0, 0.05) is 5.69 Å². The predicted octanol–water partition coefficient (Wildman–Crippen LogP) is 6.12. The van der Waals surface area contributed by atoms with Gasteiger partial charge in [-0.3, -0.25) is 9.36 Å². The quantitative estimate of drug-likeness (QED) is 0.359. The first kappa shape index (κ1) is 21.3. The number of aromatic nitrogens is 2. The van der Waals surface area contributed by atoms with Gasteiger partial charge in [-0.05, 0) is 67.9 Å². The summed E-state index contributed by atoms with van der Waals surface area (Å²) in [6, 6.07) is 21.3. The van der Waals surface area contributed by atoms with E-state index in [1.165, 1.54) is 11.8 Å². The molecule has 0 aliphatic heterocycles. The van der Waals surface area contributed by atoms with E-state index in [9.17, 15) is 4.79 Å². The van der Waals surface area contributed by atoms with Crippen LogP contribution in [0.1, 0.15) is 12.5 Å². The van der Waals surface area contributed by atoms with Gasteiger partial charge >= 0.3 is 0 Å². The molecule has 4 rings (SSSR count). The van der Waals surface area contributed by atoms with Crippen LogP contribution < -0.4 is 10.1 Å². The van der Waals surface area contributed by atoms with Crippen molar-refractivity contribution < 1.29 is 9.53 Å². The summed E-state index contributed by atoms with van der Waals surface area (Å²) in [5, 5.41) is 3.80. The molecule has 1 amide bonds. The molecule has 0 aliphatic rings. The number of para-hydroxylation sites is 2. The molecule has 4 aromatic rings. The Balaban J connectivity index is 1.63. The van der Waals surface area contributed by atoms with Crippen LogP contribution in [0.25, 0.3) is 16.7 Å². The lowest BCUT2D eigenvalue weighted by atomic mass is 10.2. The zero-order valence-corrected chi connectivity index (χ0v) is 19.0. The van der Waals surface area contributed by atoms with Crippen LogP contribution in [0.5, 0.6) is 5.75 Å². The molecule has 1 atom stereocenters. The molecular weight excluding hydrogens is 430 g/mol. The second-order valence-electron chi connectivity index (χ2n) is 7.15. The van der Waals surface area contributed by atoms with E-state index in [4.69, 9.17) is 21.3 Å². The Labute approximate surface area is 190 Å². The standard InChI is InChI=1S/C24H22ClN3O2S/c1-15-8-13-20(19(25)14-15)26-23(29)16(2)31-24-27-21-6-4-5-7-22(21)28(24)17-9-11-18(30-3)12-10-17/h4-14,16H,1-3H3,(H,26,29)/t16-/m1/s1. The van der Waals surface area contributed by atoms with E-state index in [1.807, 2.05) is 80.6 Å². The molecule has 0 bridgehead atoms. The zero-order valence-electron chi connectivity index (χ0n) is 17.4. The fourth-order valence-electron chi connectivity index (χ4n) is 3.23. The van der Waals surface area contributed by atoms with Gasteiger partial charge in [0.15, 0.2) is 5.16 Å². The molecule has 1 aromatic heterocycles. The van der Waals surface area contributed by atoms with Crippen molar-refractivity contribution in [3.8, 4) is 11.4 Å². The number of anilines is 1. The summed E-state index contributed by atoms with van der Waals surface area (Å²) in [6.45, 7) is 3.82. The largest absolute Gasteiger partial charge is 0.497 e. The number of nitrogens with one attached hydrogen (secondary N) is 1. The minimum atomic E-state index is -0.383. The smallest absolute Gasteiger partial charge is 0.237 e. The van der Waals surface area contributed by atoms with Gasteiger partial charge in [0.05, 0.1) is 34.1 Å². The third-order valence-electron chi connectivity index (χ3n) is 4.89. The number of nitrogens with zero attached hydrogens (tertiary/aromatic N) is 2. The Kier molecular flexibility index (Phi) is 6.20. The SMILES string of the molecule is COc1ccc(-n2c(S[C@H](C)C(=O)Nc3ccc(C)cc3Cl)nc3ccccc32)cc1. The number of fused-ring (bicyclic) bond motifs is 1. The van der Waals surface area contributed by atoms with E-state index in [-0.39, 0.29) is 11.2 Å². The van der Waals surface area contributed by atoms with Gasteiger partial charge in [0.2, 0.25) is 5.91 Å². The Morgan fingerprint density at radius 3 is 2.58 bits per heavy atom. The average molecular weight is 452 g/mol. The van der Waals surface area contributed by atoms with E-state index in [2.05, 4.69) is 9.88 Å². The highest BCUT2D eigenvalue weighted by Crippen LogP contribution is 2.32. The number of hydrogen-bond donors (Lipinski definition) is 1. The number of amides is 1. The fourth-order valence-corrected chi connectivity index (χ4v) is 4.46. The van der Waals surface area contributed by atoms with E-state index in [0.29, 0.717) is 10.7 Å². The average Bonchev–Trinajstić information content (AvgIpc) is 3.13. The van der Waals surface area contributed by atoms with Gasteiger partial charge in [-0.2, -0.15) is 0 Å². The third kappa shape index (κ3) is 4.55. The van der Waals surface area contributed by atoms with Crippen LogP contribution in [-0.4, -0.2) is 27.8 Å². The van der Waals surface area contributed by atoms with Crippen LogP contribution in [0.3, 0.4) is 0 Å². The summed E-state index contributed by atoms with van der Waals surface area (Å²) in [7, 11) is 1.64. The van der Waals surface area contributed by atoms with Crippen molar-refractivity contribution >= 4 is 46.0 Å². The van der Waals surface area contributed by atoms with Crippen LogP contribution >= 0.6 is 23.4 Å². The first-order chi connectivity index (χ1) is 15.0. The van der Waals surface area contributed by atoms with Gasteiger partial charge in [0.25, 0.3) is 0 Å². The van der Waals surface area contributed by atoms with Gasteiger partial charge in [-0.15, -0.1) is 0 Å². The van der Waals surface area contributed by atoms with Crippen molar-refractivity contribution in [2.24, 2.45) is 0 Å². The lowest BCUT2D eigenvalue weighted by Crippen LogP contribution is -2.23. The van der Waals surface area contributed by atoms with Crippen molar-refractivity contribution in [1.82, 2.24) is 9.55 Å². The summed E-state index contributed by atoms with van der Waals surface area (Å²) < 4.78 is 7.34. The number of hydrogen-bond acceptors (Lipinski definition) is 4. The molecule has 158 valence electrons. The molecule has 0 saturated heterocycles. The molecular formula is C24H22ClN3O2S. The van der Waals surface area contributed by atoms with Crippen molar-refractivity contribution in [2.45, 2.75) is 24.3 Å². The van der Waals surface area contributed by atoms with Gasteiger partial charge in [-0.1, -0.05) is 41.6 Å². The normalized spacial score (nSPS) is 12.0. The first-order valence-corrected chi connectivity index (χ1v) is 11.1. The monoisotopic (exact) mass is 451 g/mol. The maximum Gasteiger partial charge on any atom is 0.237 e. The van der Waals surface area contributed by atoms with Crippen LogP contribution in [-0.2, 0) is 4.79 Å². The van der Waals surface area contributed by atoms with E-state index in [1.54, 1.807) is 7.11 Å². The van der Waals surface area contributed by atoms with Crippen LogP contribution in [0.4, 0.5) is 5.69 Å². The minimum absolute atomic E-state index is 0.135. The van der Waals surface area contributed by atoms with Gasteiger partial charge in [-0.25, -0.2) is 4.98 Å². The second-order valence-corrected chi connectivity index (χ2v) is 8.86. The molecule has 7 heteroatoms. The number of benzene rings is 3. The van der Waals surface area contributed by atoms with Crippen molar-refractivity contribution in [1.29, 1.82) is 0 Å². The van der Waals surface area contributed by atoms with Crippen molar-refractivity contribution in [3.63, 3.8) is 0 Å². The Morgan fingerprint density at radius 1 is 1.13 bits per heavy atom. The van der Waals surface area contributed by atoms with E-state index >= 15 is 0 Å². The molecule has 0 saturated carbocycles. The molecule has 5 nitrogen and oxygen atoms in total. The summed E-state index contributed by atoms with van der Waals surface area (Å²) in [6.07, 6.45) is 0. The molecule has 0 radical (unpaired) electrons. The van der Waals surface area contributed by atoms with Crippen LogP contribution in [0, 0.1) is 6.92 Å². The van der Waals surface area contributed by atoms with Crippen molar-refractivity contribution in [2.75, 3.05) is 12.4 Å². The Morgan fingerprint density at radius 2 is 1.87 bits per heavy atom. The highest BCUT2D eigenvalue weighted by Gasteiger charge is 2.21. The number of rotatable bonds is 6. The summed E-state index contributed by atoms with van der Waals surface area (Å²) in [4.78, 5) is 17.6. The van der Waals surface area contributed by atoms with E-state index < -0.39 is 0 Å². The number of aryl methyl sites for hydroxylation is 1. The summed E-state index contributed by atoms with van der Waals surface area (Å²) >= 11 is 7.68. The Hall–Kier alpha value is -2.96. The summed E-state index contributed by atoms with van der Waals surface area (Å²) in [5.74, 6) is 0.647. The molecule has 0 unspecified atom stereocenters. The van der Waals surface area contributed by atoms with E-state index in [0.717, 1.165) is 33.2 Å². The van der Waals surface area contributed by atoms with Gasteiger partial charge in [0.1, 0.15) is 5.75 Å². The minimum Gasteiger partial charge on any atom is -0.497 e. The first-order valence-electron chi connectivity index (χ1n) is 9.82. The number of imidazole rings is 1. The lowest BCUT2D eigenvalue weighted by Gasteiger charge is -2.15. The predicted molar refractivity (Wildman–Crippen MR) is 128 cm³/mol. The molecule has 0 fully saturated rings. The second kappa shape index (κ2) is 9.04. The molecule has 0 spiro atoms. The third-order valence-corrected chi connectivity index (χ3v) is 6.26. The Bertz CT molecular complexity index is 1240. The van der Waals surface area contributed by atoms with Crippen LogP contribution in [0.2, 0.25) is 5.02 Å². The summed E-state index contributed by atoms with van der Waals surface area (Å²) in [5.41, 5.74) is 4.44. The number of halogens is 1. The van der Waals surface area contributed by atoms with Gasteiger partial charge < -0.3 is 10.1 Å². The maximum atomic E-state index is 12.9. The number of methoxy groups -OCH3 is 1. The number of carbonyl (C=O) groups is 1. The number of carbonyl (C=O) groups excluding carboxylic acids is 1. The highest BCUT2D eigenvalue weighted by molar-refractivity contribution is 8.00. The van der Waals surface area contributed by atoms with Crippen molar-refractivity contribution in [3.05, 3.63) is 77.3 Å². The zero-order chi connectivity index (χ0) is 22.0. The fraction of sp³-hybridized carbons (Fsp3) is 0.167. The lowest BCUT2D eigenvalue weighted by molar-refractivity contribution is -0.115. The molecule has 3 aromatic carbocycles. The molecule has 1 N–H and O–H groups in total. The molecule has 31 heavy (non-hydrogen) atoms. The number of ether oxygens (including phenoxy) is 1. The maximum absolute atomic E-state index is 12.9. The molecule has 0 aliphatic carbocycles. The topological polar surface area (TPSA) is 56.1 Å².